The van der Waals surface area contributed by atoms with E-state index in [1.54, 1.807) is 12.1 Å². The number of hydrogen-bond donors (Lipinski definition) is 1. The monoisotopic (exact) mass is 389 g/mol. The zero-order valence-corrected chi connectivity index (χ0v) is 16.7. The molecule has 0 radical (unpaired) electrons. The molecular weight excluding hydrogens is 366 g/mol. The van der Waals surface area contributed by atoms with E-state index in [0.29, 0.717) is 17.4 Å². The smallest absolute Gasteiger partial charge is 0.328 e. The minimum atomic E-state index is -0.809. The number of halogens is 1. The van der Waals surface area contributed by atoms with Gasteiger partial charge in [-0.3, -0.25) is 4.79 Å². The van der Waals surface area contributed by atoms with Crippen LogP contribution in [0.5, 0.6) is 5.75 Å². The van der Waals surface area contributed by atoms with E-state index in [0.717, 1.165) is 5.56 Å². The lowest BCUT2D eigenvalue weighted by Crippen LogP contribution is -2.49. The Morgan fingerprint density at radius 2 is 1.78 bits per heavy atom. The Labute approximate surface area is 164 Å². The summed E-state index contributed by atoms with van der Waals surface area (Å²) in [4.78, 5) is 24.9. The van der Waals surface area contributed by atoms with Gasteiger partial charge in [-0.15, -0.1) is 0 Å². The molecule has 0 saturated carbocycles. The SMILES string of the molecule is COC(=O)[C@@H](NC(=O)c1cc(Cl)ccc1OCc1ccccc1)C(C)(C)C. The van der Waals surface area contributed by atoms with Crippen molar-refractivity contribution in [3.8, 4) is 5.75 Å². The number of nitrogens with one attached hydrogen (secondary N) is 1. The van der Waals surface area contributed by atoms with Crippen LogP contribution in [0.4, 0.5) is 0 Å². The number of hydrogen-bond acceptors (Lipinski definition) is 4. The largest absolute Gasteiger partial charge is 0.488 e. The van der Waals surface area contributed by atoms with Gasteiger partial charge in [0.1, 0.15) is 18.4 Å². The average molecular weight is 390 g/mol. The van der Waals surface area contributed by atoms with Crippen molar-refractivity contribution in [2.45, 2.75) is 33.4 Å². The second kappa shape index (κ2) is 8.91. The molecule has 0 heterocycles. The van der Waals surface area contributed by atoms with Crippen LogP contribution in [-0.4, -0.2) is 25.0 Å². The number of benzene rings is 2. The number of amides is 1. The molecule has 0 aliphatic rings. The van der Waals surface area contributed by atoms with E-state index in [9.17, 15) is 9.59 Å². The van der Waals surface area contributed by atoms with Crippen molar-refractivity contribution in [3.63, 3.8) is 0 Å². The molecule has 2 aromatic rings. The van der Waals surface area contributed by atoms with Gasteiger partial charge in [0.05, 0.1) is 12.7 Å². The minimum Gasteiger partial charge on any atom is -0.488 e. The maximum absolute atomic E-state index is 12.8. The molecule has 27 heavy (non-hydrogen) atoms. The second-order valence-corrected chi connectivity index (χ2v) is 7.65. The van der Waals surface area contributed by atoms with Crippen molar-refractivity contribution in [3.05, 3.63) is 64.7 Å². The lowest BCUT2D eigenvalue weighted by atomic mass is 9.86. The maximum Gasteiger partial charge on any atom is 0.328 e. The average Bonchev–Trinajstić information content (AvgIpc) is 2.64. The Balaban J connectivity index is 2.24. The van der Waals surface area contributed by atoms with Gasteiger partial charge in [-0.2, -0.15) is 0 Å². The molecule has 1 atom stereocenters. The zero-order chi connectivity index (χ0) is 20.0. The summed E-state index contributed by atoms with van der Waals surface area (Å²) in [6.45, 7) is 5.85. The first kappa shape index (κ1) is 20.8. The standard InChI is InChI=1S/C21H24ClNO4/c1-21(2,3)18(20(25)26-4)23-19(24)16-12-15(22)10-11-17(16)27-13-14-8-6-5-7-9-14/h5-12,18H,13H2,1-4H3,(H,23,24)/t18-/m1/s1. The van der Waals surface area contributed by atoms with Crippen LogP contribution in [0.1, 0.15) is 36.7 Å². The third-order valence-electron chi connectivity index (χ3n) is 4.00. The molecule has 0 saturated heterocycles. The number of ether oxygens (including phenoxy) is 2. The minimum absolute atomic E-state index is 0.261. The molecule has 0 bridgehead atoms. The fraction of sp³-hybridized carbons (Fsp3) is 0.333. The molecule has 2 rings (SSSR count). The molecule has 2 aromatic carbocycles. The molecule has 0 aliphatic carbocycles. The van der Waals surface area contributed by atoms with Crippen molar-refractivity contribution in [1.29, 1.82) is 0 Å². The Morgan fingerprint density at radius 1 is 1.11 bits per heavy atom. The van der Waals surface area contributed by atoms with Crippen LogP contribution in [0.2, 0.25) is 5.02 Å². The summed E-state index contributed by atoms with van der Waals surface area (Å²) in [5.41, 5.74) is 0.712. The molecule has 1 amide bonds. The van der Waals surface area contributed by atoms with E-state index in [2.05, 4.69) is 5.32 Å². The van der Waals surface area contributed by atoms with Gasteiger partial charge in [-0.05, 0) is 29.2 Å². The van der Waals surface area contributed by atoms with E-state index in [1.807, 2.05) is 51.1 Å². The van der Waals surface area contributed by atoms with Gasteiger partial charge in [0.2, 0.25) is 0 Å². The number of carbonyl (C=O) groups is 2. The van der Waals surface area contributed by atoms with Crippen molar-refractivity contribution in [2.24, 2.45) is 5.41 Å². The van der Waals surface area contributed by atoms with Crippen molar-refractivity contribution in [1.82, 2.24) is 5.32 Å². The van der Waals surface area contributed by atoms with E-state index in [-0.39, 0.29) is 5.56 Å². The highest BCUT2D eigenvalue weighted by Gasteiger charge is 2.34. The van der Waals surface area contributed by atoms with Crippen LogP contribution < -0.4 is 10.1 Å². The van der Waals surface area contributed by atoms with Gasteiger partial charge < -0.3 is 14.8 Å². The van der Waals surface area contributed by atoms with E-state index >= 15 is 0 Å². The molecule has 144 valence electrons. The molecule has 0 unspecified atom stereocenters. The lowest BCUT2D eigenvalue weighted by molar-refractivity contribution is -0.145. The maximum atomic E-state index is 12.8. The quantitative estimate of drug-likeness (QED) is 0.750. The zero-order valence-electron chi connectivity index (χ0n) is 15.9. The molecule has 0 spiro atoms. The molecule has 1 N–H and O–H groups in total. The van der Waals surface area contributed by atoms with Crippen LogP contribution >= 0.6 is 11.6 Å². The Hall–Kier alpha value is -2.53. The van der Waals surface area contributed by atoms with E-state index < -0.39 is 23.3 Å². The Bertz CT molecular complexity index is 800. The summed E-state index contributed by atoms with van der Waals surface area (Å²) >= 11 is 6.07. The molecular formula is C21H24ClNO4. The summed E-state index contributed by atoms with van der Waals surface area (Å²) in [5.74, 6) is -0.575. The number of esters is 1. The molecule has 6 heteroatoms. The predicted molar refractivity (Wildman–Crippen MR) is 105 cm³/mol. The van der Waals surface area contributed by atoms with Crippen LogP contribution in [0.15, 0.2) is 48.5 Å². The highest BCUT2D eigenvalue weighted by molar-refractivity contribution is 6.31. The highest BCUT2D eigenvalue weighted by Crippen LogP contribution is 2.26. The number of rotatable bonds is 6. The second-order valence-electron chi connectivity index (χ2n) is 7.21. The van der Waals surface area contributed by atoms with Gasteiger partial charge in [0.15, 0.2) is 0 Å². The fourth-order valence-corrected chi connectivity index (χ4v) is 2.67. The summed E-state index contributed by atoms with van der Waals surface area (Å²) in [5, 5.41) is 3.14. The topological polar surface area (TPSA) is 64.6 Å². The molecule has 0 aromatic heterocycles. The summed E-state index contributed by atoms with van der Waals surface area (Å²) in [7, 11) is 1.29. The van der Waals surface area contributed by atoms with Gasteiger partial charge in [-0.25, -0.2) is 4.79 Å². The third-order valence-corrected chi connectivity index (χ3v) is 4.24. The number of methoxy groups -OCH3 is 1. The summed E-state index contributed by atoms with van der Waals surface area (Å²) in [6, 6.07) is 13.6. The first-order chi connectivity index (χ1) is 12.7. The van der Waals surface area contributed by atoms with Gasteiger partial charge in [0.25, 0.3) is 5.91 Å². The van der Waals surface area contributed by atoms with Gasteiger partial charge in [-0.1, -0.05) is 62.7 Å². The van der Waals surface area contributed by atoms with Crippen LogP contribution in [0, 0.1) is 5.41 Å². The normalized spacial score (nSPS) is 12.2. The highest BCUT2D eigenvalue weighted by atomic mass is 35.5. The van der Waals surface area contributed by atoms with E-state index in [4.69, 9.17) is 21.1 Å². The lowest BCUT2D eigenvalue weighted by Gasteiger charge is -2.29. The van der Waals surface area contributed by atoms with Crippen LogP contribution in [-0.2, 0) is 16.1 Å². The fourth-order valence-electron chi connectivity index (χ4n) is 2.50. The summed E-state index contributed by atoms with van der Waals surface area (Å²) < 4.78 is 10.6. The van der Waals surface area contributed by atoms with Crippen molar-refractivity contribution < 1.29 is 19.1 Å². The van der Waals surface area contributed by atoms with Crippen molar-refractivity contribution >= 4 is 23.5 Å². The first-order valence-electron chi connectivity index (χ1n) is 8.57. The molecule has 0 fully saturated rings. The summed E-state index contributed by atoms with van der Waals surface area (Å²) in [6.07, 6.45) is 0. The molecule has 5 nitrogen and oxygen atoms in total. The number of carbonyl (C=O) groups excluding carboxylic acids is 2. The third kappa shape index (κ3) is 5.73. The molecule has 0 aliphatic heterocycles. The first-order valence-corrected chi connectivity index (χ1v) is 8.95. The van der Waals surface area contributed by atoms with Gasteiger partial charge in [0, 0.05) is 5.02 Å². The van der Waals surface area contributed by atoms with Crippen LogP contribution in [0.25, 0.3) is 0 Å². The van der Waals surface area contributed by atoms with E-state index in [1.165, 1.54) is 13.2 Å². The predicted octanol–water partition coefficient (Wildman–Crippen LogP) is 4.24. The van der Waals surface area contributed by atoms with Crippen LogP contribution in [0.3, 0.4) is 0 Å². The van der Waals surface area contributed by atoms with Crippen molar-refractivity contribution in [2.75, 3.05) is 7.11 Å². The van der Waals surface area contributed by atoms with Gasteiger partial charge >= 0.3 is 5.97 Å². The Kier molecular flexibility index (Phi) is 6.86. The Morgan fingerprint density at radius 3 is 2.37 bits per heavy atom.